The summed E-state index contributed by atoms with van der Waals surface area (Å²) in [4.78, 5) is 23.0. The van der Waals surface area contributed by atoms with Gasteiger partial charge in [0.2, 0.25) is 5.95 Å². The van der Waals surface area contributed by atoms with Crippen molar-refractivity contribution in [1.82, 2.24) is 9.97 Å². The van der Waals surface area contributed by atoms with Crippen molar-refractivity contribution in [2.45, 2.75) is 32.7 Å². The van der Waals surface area contributed by atoms with Crippen LogP contribution in [0.25, 0.3) is 0 Å². The summed E-state index contributed by atoms with van der Waals surface area (Å²) in [5, 5.41) is 3.12. The number of anilines is 2. The van der Waals surface area contributed by atoms with E-state index in [1.807, 2.05) is 36.9 Å². The van der Waals surface area contributed by atoms with Gasteiger partial charge in [0.05, 0.1) is 5.56 Å². The van der Waals surface area contributed by atoms with E-state index in [0.717, 1.165) is 25.1 Å². The molecule has 0 spiro atoms. The zero-order valence-corrected chi connectivity index (χ0v) is 12.9. The minimum absolute atomic E-state index is 0.0387. The summed E-state index contributed by atoms with van der Waals surface area (Å²) < 4.78 is 0. The fourth-order valence-corrected chi connectivity index (χ4v) is 2.67. The van der Waals surface area contributed by atoms with Crippen molar-refractivity contribution in [3.05, 3.63) is 47.8 Å². The van der Waals surface area contributed by atoms with Gasteiger partial charge >= 0.3 is 0 Å². The molecular weight excluding hydrogens is 276 g/mol. The number of benzene rings is 1. The third kappa shape index (κ3) is 2.93. The summed E-state index contributed by atoms with van der Waals surface area (Å²) in [6, 6.07) is 8.33. The number of hydrogen-bond donors (Lipinski definition) is 1. The first-order valence-electron chi connectivity index (χ1n) is 7.63. The lowest BCUT2D eigenvalue weighted by Gasteiger charge is -2.29. The number of nitrogens with zero attached hydrogens (tertiary/aromatic N) is 3. The maximum atomic E-state index is 12.7. The van der Waals surface area contributed by atoms with Gasteiger partial charge in [-0.1, -0.05) is 18.2 Å². The van der Waals surface area contributed by atoms with Gasteiger partial charge < -0.3 is 10.2 Å². The first-order chi connectivity index (χ1) is 10.6. The van der Waals surface area contributed by atoms with Gasteiger partial charge in [0.1, 0.15) is 0 Å². The lowest BCUT2D eigenvalue weighted by atomic mass is 10.0. The minimum atomic E-state index is -0.0387. The van der Waals surface area contributed by atoms with E-state index in [2.05, 4.69) is 21.4 Å². The van der Waals surface area contributed by atoms with E-state index in [9.17, 15) is 4.79 Å². The summed E-state index contributed by atoms with van der Waals surface area (Å²) in [6.45, 7) is 4.78. The van der Waals surface area contributed by atoms with Crippen molar-refractivity contribution in [3.63, 3.8) is 0 Å². The number of aryl methyl sites for hydroxylation is 1. The van der Waals surface area contributed by atoms with Gasteiger partial charge in [-0.05, 0) is 38.3 Å². The predicted molar refractivity (Wildman–Crippen MR) is 87.2 cm³/mol. The van der Waals surface area contributed by atoms with Crippen LogP contribution in [0.4, 0.5) is 11.6 Å². The van der Waals surface area contributed by atoms with Gasteiger partial charge in [0.25, 0.3) is 5.91 Å². The molecule has 22 heavy (non-hydrogen) atoms. The highest BCUT2D eigenvalue weighted by atomic mass is 16.2. The van der Waals surface area contributed by atoms with Crippen molar-refractivity contribution >= 4 is 17.5 Å². The molecule has 0 bridgehead atoms. The molecule has 114 valence electrons. The first-order valence-corrected chi connectivity index (χ1v) is 7.63. The molecule has 5 heteroatoms. The first kappa shape index (κ1) is 14.5. The van der Waals surface area contributed by atoms with Crippen LogP contribution in [0, 0.1) is 0 Å². The molecule has 2 heterocycles. The Labute approximate surface area is 130 Å². The second kappa shape index (κ2) is 6.13. The van der Waals surface area contributed by atoms with Crippen LogP contribution in [0.1, 0.15) is 36.2 Å². The second-order valence-corrected chi connectivity index (χ2v) is 5.78. The van der Waals surface area contributed by atoms with Crippen LogP contribution in [0.15, 0.2) is 36.7 Å². The molecular formula is C17H20N4O. The number of aromatic nitrogens is 2. The largest absolute Gasteiger partial charge is 0.352 e. The van der Waals surface area contributed by atoms with E-state index in [1.54, 1.807) is 12.4 Å². The fourth-order valence-electron chi connectivity index (χ4n) is 2.67. The summed E-state index contributed by atoms with van der Waals surface area (Å²) in [7, 11) is 0. The molecule has 1 aromatic carbocycles. The predicted octanol–water partition coefficient (Wildman–Crippen LogP) is 2.89. The topological polar surface area (TPSA) is 58.1 Å². The van der Waals surface area contributed by atoms with Crippen LogP contribution in [0.3, 0.4) is 0 Å². The van der Waals surface area contributed by atoms with Crippen LogP contribution in [0.5, 0.6) is 0 Å². The second-order valence-electron chi connectivity index (χ2n) is 5.78. The molecule has 5 nitrogen and oxygen atoms in total. The molecule has 0 radical (unpaired) electrons. The highest BCUT2D eigenvalue weighted by Crippen LogP contribution is 2.27. The third-order valence-corrected chi connectivity index (χ3v) is 3.67. The Kier molecular flexibility index (Phi) is 4.04. The minimum Gasteiger partial charge on any atom is -0.352 e. The zero-order chi connectivity index (χ0) is 15.5. The normalized spacial score (nSPS) is 13.9. The molecule has 1 aliphatic rings. The number of para-hydroxylation sites is 1. The quantitative estimate of drug-likeness (QED) is 0.946. The van der Waals surface area contributed by atoms with Crippen LogP contribution < -0.4 is 10.2 Å². The van der Waals surface area contributed by atoms with Gasteiger partial charge in [0, 0.05) is 30.7 Å². The number of carbonyl (C=O) groups excluding carboxylic acids is 1. The number of carbonyl (C=O) groups is 1. The van der Waals surface area contributed by atoms with E-state index >= 15 is 0 Å². The SMILES string of the molecule is CC(C)Nc1ncc(C(=O)N2CCCc3ccccc32)cn1. The average molecular weight is 296 g/mol. The Balaban J connectivity index is 1.83. The van der Waals surface area contributed by atoms with E-state index in [1.165, 1.54) is 5.56 Å². The lowest BCUT2D eigenvalue weighted by molar-refractivity contribution is 0.0984. The Morgan fingerprint density at radius 3 is 2.68 bits per heavy atom. The van der Waals surface area contributed by atoms with Gasteiger partial charge in [0.15, 0.2) is 0 Å². The van der Waals surface area contributed by atoms with Crippen molar-refractivity contribution in [2.24, 2.45) is 0 Å². The van der Waals surface area contributed by atoms with Crippen LogP contribution in [-0.4, -0.2) is 28.5 Å². The highest BCUT2D eigenvalue weighted by Gasteiger charge is 2.23. The Bertz CT molecular complexity index is 667. The lowest BCUT2D eigenvalue weighted by Crippen LogP contribution is -2.35. The molecule has 1 aromatic heterocycles. The molecule has 0 aliphatic carbocycles. The molecule has 1 amide bonds. The monoisotopic (exact) mass is 296 g/mol. The van der Waals surface area contributed by atoms with E-state index < -0.39 is 0 Å². The maximum Gasteiger partial charge on any atom is 0.261 e. The highest BCUT2D eigenvalue weighted by molar-refractivity contribution is 6.06. The van der Waals surface area contributed by atoms with Gasteiger partial charge in [-0.25, -0.2) is 9.97 Å². The third-order valence-electron chi connectivity index (χ3n) is 3.67. The summed E-state index contributed by atoms with van der Waals surface area (Å²) in [6.07, 6.45) is 5.19. The molecule has 0 fully saturated rings. The van der Waals surface area contributed by atoms with Gasteiger partial charge in [-0.2, -0.15) is 0 Å². The Morgan fingerprint density at radius 1 is 1.23 bits per heavy atom. The maximum absolute atomic E-state index is 12.7. The molecule has 3 rings (SSSR count). The van der Waals surface area contributed by atoms with Gasteiger partial charge in [-0.15, -0.1) is 0 Å². The molecule has 1 N–H and O–H groups in total. The summed E-state index contributed by atoms with van der Waals surface area (Å²) in [5.41, 5.74) is 2.75. The number of amides is 1. The van der Waals surface area contributed by atoms with Crippen molar-refractivity contribution < 1.29 is 4.79 Å². The number of nitrogens with one attached hydrogen (secondary N) is 1. The van der Waals surface area contributed by atoms with Crippen LogP contribution in [-0.2, 0) is 6.42 Å². The average Bonchev–Trinajstić information content (AvgIpc) is 2.54. The van der Waals surface area contributed by atoms with Gasteiger partial charge in [-0.3, -0.25) is 4.79 Å². The standard InChI is InChI=1S/C17H20N4O/c1-12(2)20-17-18-10-14(11-19-17)16(22)21-9-5-7-13-6-3-4-8-15(13)21/h3-4,6,8,10-12H,5,7,9H2,1-2H3,(H,18,19,20). The summed E-state index contributed by atoms with van der Waals surface area (Å²) in [5.74, 6) is 0.508. The smallest absolute Gasteiger partial charge is 0.261 e. The number of rotatable bonds is 3. The Hall–Kier alpha value is -2.43. The molecule has 1 aliphatic heterocycles. The molecule has 0 atom stereocenters. The van der Waals surface area contributed by atoms with Crippen molar-refractivity contribution in [1.29, 1.82) is 0 Å². The molecule has 2 aromatic rings. The van der Waals surface area contributed by atoms with E-state index in [0.29, 0.717) is 11.5 Å². The molecule has 0 unspecified atom stereocenters. The van der Waals surface area contributed by atoms with Crippen LogP contribution >= 0.6 is 0 Å². The molecule has 0 saturated carbocycles. The van der Waals surface area contributed by atoms with Crippen molar-refractivity contribution in [3.8, 4) is 0 Å². The zero-order valence-electron chi connectivity index (χ0n) is 12.9. The van der Waals surface area contributed by atoms with Crippen LogP contribution in [0.2, 0.25) is 0 Å². The Morgan fingerprint density at radius 2 is 1.95 bits per heavy atom. The van der Waals surface area contributed by atoms with Crippen molar-refractivity contribution in [2.75, 3.05) is 16.8 Å². The van der Waals surface area contributed by atoms with E-state index in [4.69, 9.17) is 0 Å². The number of hydrogen-bond acceptors (Lipinski definition) is 4. The number of fused-ring (bicyclic) bond motifs is 1. The molecule has 0 saturated heterocycles. The van der Waals surface area contributed by atoms with E-state index in [-0.39, 0.29) is 11.9 Å². The summed E-state index contributed by atoms with van der Waals surface area (Å²) >= 11 is 0. The fraction of sp³-hybridized carbons (Fsp3) is 0.353.